The molecule has 0 bridgehead atoms. The second kappa shape index (κ2) is 9.23. The number of alkyl halides is 6. The van der Waals surface area contributed by atoms with Crippen LogP contribution in [0.2, 0.25) is 0 Å². The number of benzene rings is 2. The zero-order valence-electron chi connectivity index (χ0n) is 17.0. The van der Waals surface area contributed by atoms with Crippen molar-refractivity contribution in [2.75, 3.05) is 6.61 Å². The molecule has 0 aliphatic rings. The van der Waals surface area contributed by atoms with Gasteiger partial charge in [0.1, 0.15) is 12.4 Å². The standard InChI is InChI=1S/C20H13F6N3O4S/c1-18(10-28,11-33-16-8-12(9-27)2-7-15(16)19(21,22)23)29-17(30)13-3-5-14(6-4-13)34(31,32)20(24,25)26/h2-8H,11H2,1H3,(H,29,30)/t18-/m1/s1. The molecule has 0 aliphatic carbocycles. The molecule has 2 aromatic rings. The first-order chi connectivity index (χ1) is 15.5. The van der Waals surface area contributed by atoms with E-state index in [2.05, 4.69) is 5.32 Å². The van der Waals surface area contributed by atoms with Gasteiger partial charge in [-0.05, 0) is 49.4 Å². The van der Waals surface area contributed by atoms with E-state index in [0.717, 1.165) is 31.2 Å². The molecule has 1 N–H and O–H groups in total. The van der Waals surface area contributed by atoms with Crippen LogP contribution in [0.4, 0.5) is 26.3 Å². The van der Waals surface area contributed by atoms with Crippen molar-refractivity contribution in [2.24, 2.45) is 0 Å². The van der Waals surface area contributed by atoms with Crippen molar-refractivity contribution in [2.45, 2.75) is 29.0 Å². The molecule has 0 aliphatic heterocycles. The first kappa shape index (κ1) is 26.5. The summed E-state index contributed by atoms with van der Waals surface area (Å²) in [5, 5.41) is 20.5. The first-order valence-corrected chi connectivity index (χ1v) is 10.4. The maximum absolute atomic E-state index is 13.2. The van der Waals surface area contributed by atoms with Crippen molar-refractivity contribution in [3.63, 3.8) is 0 Å². The minimum atomic E-state index is -5.64. The van der Waals surface area contributed by atoms with E-state index in [4.69, 9.17) is 10.00 Å². The van der Waals surface area contributed by atoms with Crippen LogP contribution in [0.25, 0.3) is 0 Å². The number of ether oxygens (including phenoxy) is 1. The minimum absolute atomic E-state index is 0.153. The Bertz CT molecular complexity index is 1280. The van der Waals surface area contributed by atoms with Crippen molar-refractivity contribution < 1.29 is 44.3 Å². The van der Waals surface area contributed by atoms with E-state index < -0.39 is 55.8 Å². The molecule has 0 heterocycles. The summed E-state index contributed by atoms with van der Waals surface area (Å²) in [6, 6.07) is 8.25. The Morgan fingerprint density at radius 1 is 1.03 bits per heavy atom. The summed E-state index contributed by atoms with van der Waals surface area (Å²) in [6.07, 6.45) is -4.84. The molecule has 1 atom stereocenters. The molecule has 2 aromatic carbocycles. The predicted molar refractivity (Wildman–Crippen MR) is 103 cm³/mol. The predicted octanol–water partition coefficient (Wildman–Crippen LogP) is 3.96. The number of halogens is 6. The van der Waals surface area contributed by atoms with Gasteiger partial charge in [-0.25, -0.2) is 8.42 Å². The molecule has 0 saturated carbocycles. The molecular weight excluding hydrogens is 492 g/mol. The van der Waals surface area contributed by atoms with Gasteiger partial charge in [0.25, 0.3) is 15.7 Å². The summed E-state index contributed by atoms with van der Waals surface area (Å²) >= 11 is 0. The summed E-state index contributed by atoms with van der Waals surface area (Å²) in [5.41, 5.74) is -9.17. The summed E-state index contributed by atoms with van der Waals surface area (Å²) in [6.45, 7) is 0.308. The van der Waals surface area contributed by atoms with E-state index in [9.17, 15) is 44.8 Å². The van der Waals surface area contributed by atoms with Gasteiger partial charge in [-0.1, -0.05) is 0 Å². The zero-order valence-corrected chi connectivity index (χ0v) is 17.8. The highest BCUT2D eigenvalue weighted by molar-refractivity contribution is 7.92. The lowest BCUT2D eigenvalue weighted by molar-refractivity contribution is -0.139. The number of hydrogen-bond donors (Lipinski definition) is 1. The number of nitrogens with one attached hydrogen (secondary N) is 1. The summed E-state index contributed by atoms with van der Waals surface area (Å²) in [4.78, 5) is 11.3. The average Bonchev–Trinajstić information content (AvgIpc) is 2.76. The Morgan fingerprint density at radius 2 is 1.62 bits per heavy atom. The highest BCUT2D eigenvalue weighted by Gasteiger charge is 2.46. The van der Waals surface area contributed by atoms with Crippen LogP contribution in [0.1, 0.15) is 28.4 Å². The lowest BCUT2D eigenvalue weighted by Gasteiger charge is -2.24. The van der Waals surface area contributed by atoms with Crippen LogP contribution in [-0.2, 0) is 16.0 Å². The van der Waals surface area contributed by atoms with E-state index in [1.54, 1.807) is 12.1 Å². The Labute approximate surface area is 189 Å². The maximum Gasteiger partial charge on any atom is 0.501 e. The Morgan fingerprint density at radius 3 is 2.09 bits per heavy atom. The maximum atomic E-state index is 13.2. The van der Waals surface area contributed by atoms with Crippen LogP contribution in [0.15, 0.2) is 47.4 Å². The fraction of sp³-hybridized carbons (Fsp3) is 0.250. The van der Waals surface area contributed by atoms with E-state index in [1.807, 2.05) is 0 Å². The quantitative estimate of drug-likeness (QED) is 0.594. The summed E-state index contributed by atoms with van der Waals surface area (Å²) < 4.78 is 105. The van der Waals surface area contributed by atoms with Crippen molar-refractivity contribution in [3.05, 3.63) is 59.2 Å². The SMILES string of the molecule is C[C@@](C#N)(COc1cc(C#N)ccc1C(F)(F)F)NC(=O)c1ccc(S(=O)(=O)C(F)(F)F)cc1. The number of nitriles is 2. The van der Waals surface area contributed by atoms with E-state index >= 15 is 0 Å². The van der Waals surface area contributed by atoms with Gasteiger partial charge in [-0.15, -0.1) is 0 Å². The number of sulfone groups is 1. The monoisotopic (exact) mass is 505 g/mol. The number of carbonyl (C=O) groups excluding carboxylic acids is 1. The Hall–Kier alpha value is -3.78. The molecule has 0 radical (unpaired) electrons. The fourth-order valence-electron chi connectivity index (χ4n) is 2.51. The van der Waals surface area contributed by atoms with Crippen molar-refractivity contribution in [1.82, 2.24) is 5.32 Å². The zero-order chi connectivity index (χ0) is 25.9. The lowest BCUT2D eigenvalue weighted by Crippen LogP contribution is -2.49. The number of nitrogens with zero attached hydrogens (tertiary/aromatic N) is 2. The minimum Gasteiger partial charge on any atom is -0.489 e. The topological polar surface area (TPSA) is 120 Å². The molecule has 180 valence electrons. The molecular formula is C20H13F6N3O4S. The molecule has 14 heteroatoms. The lowest BCUT2D eigenvalue weighted by atomic mass is 10.0. The molecule has 0 fully saturated rings. The van der Waals surface area contributed by atoms with E-state index in [0.29, 0.717) is 18.2 Å². The Kier molecular flexibility index (Phi) is 7.18. The molecule has 0 spiro atoms. The highest BCUT2D eigenvalue weighted by atomic mass is 32.2. The normalized spacial score (nSPS) is 13.8. The van der Waals surface area contributed by atoms with Gasteiger partial charge in [0.2, 0.25) is 0 Å². The largest absolute Gasteiger partial charge is 0.501 e. The van der Waals surface area contributed by atoms with Gasteiger partial charge in [-0.2, -0.15) is 36.9 Å². The van der Waals surface area contributed by atoms with Crippen LogP contribution in [0.5, 0.6) is 5.75 Å². The van der Waals surface area contributed by atoms with E-state index in [1.165, 1.54) is 0 Å². The van der Waals surface area contributed by atoms with Crippen LogP contribution < -0.4 is 10.1 Å². The van der Waals surface area contributed by atoms with Crippen molar-refractivity contribution in [1.29, 1.82) is 10.5 Å². The number of rotatable bonds is 6. The van der Waals surface area contributed by atoms with Crippen molar-refractivity contribution >= 4 is 15.7 Å². The molecule has 34 heavy (non-hydrogen) atoms. The third-order valence-electron chi connectivity index (χ3n) is 4.30. The van der Waals surface area contributed by atoms with Crippen molar-refractivity contribution in [3.8, 4) is 17.9 Å². The van der Waals surface area contributed by atoms with Crippen LogP contribution >= 0.6 is 0 Å². The summed E-state index contributed by atoms with van der Waals surface area (Å²) in [5.74, 6) is -1.80. The number of hydrogen-bond acceptors (Lipinski definition) is 6. The number of carbonyl (C=O) groups is 1. The number of amides is 1. The third kappa shape index (κ3) is 5.77. The molecule has 1 amide bonds. The molecule has 7 nitrogen and oxygen atoms in total. The second-order valence-electron chi connectivity index (χ2n) is 6.98. The molecule has 2 rings (SSSR count). The van der Waals surface area contributed by atoms with E-state index in [-0.39, 0.29) is 11.1 Å². The molecule has 0 unspecified atom stereocenters. The first-order valence-electron chi connectivity index (χ1n) is 8.93. The van der Waals surface area contributed by atoms with Crippen LogP contribution in [-0.4, -0.2) is 32.0 Å². The van der Waals surface area contributed by atoms with Crippen LogP contribution in [0.3, 0.4) is 0 Å². The van der Waals surface area contributed by atoms with Gasteiger partial charge in [-0.3, -0.25) is 4.79 Å². The Balaban J connectivity index is 2.23. The van der Waals surface area contributed by atoms with Crippen LogP contribution in [0, 0.1) is 22.7 Å². The van der Waals surface area contributed by atoms with Gasteiger partial charge >= 0.3 is 11.7 Å². The molecule has 0 aromatic heterocycles. The third-order valence-corrected chi connectivity index (χ3v) is 5.80. The van der Waals surface area contributed by atoms with Gasteiger partial charge in [0.05, 0.1) is 28.2 Å². The molecule has 0 saturated heterocycles. The fourth-order valence-corrected chi connectivity index (χ4v) is 3.27. The van der Waals surface area contributed by atoms with Gasteiger partial charge in [0, 0.05) is 5.56 Å². The second-order valence-corrected chi connectivity index (χ2v) is 8.92. The summed E-state index contributed by atoms with van der Waals surface area (Å²) in [7, 11) is -5.64. The highest BCUT2D eigenvalue weighted by Crippen LogP contribution is 2.37. The smallest absolute Gasteiger partial charge is 0.489 e. The average molecular weight is 505 g/mol. The van der Waals surface area contributed by atoms with Gasteiger partial charge < -0.3 is 10.1 Å². The van der Waals surface area contributed by atoms with Gasteiger partial charge in [0.15, 0.2) is 5.54 Å².